The largest absolute Gasteiger partial charge is 0.330 e. The summed E-state index contributed by atoms with van der Waals surface area (Å²) < 4.78 is 0. The van der Waals surface area contributed by atoms with Gasteiger partial charge in [-0.1, -0.05) is 43.7 Å². The summed E-state index contributed by atoms with van der Waals surface area (Å²) in [7, 11) is 0. The number of benzene rings is 1. The standard InChI is InChI=1S/C17H19N5O/c1-10-4-6-11(7-5-10)14(23)13-12-15(17(2,3)8-18)19-9-20-16(12)22-21-13/h4-7,9H,8,18H2,1-3H3,(H,19,20,21,22). The minimum atomic E-state index is -0.382. The third kappa shape index (κ3) is 2.61. The molecule has 0 unspecified atom stereocenters. The number of nitrogens with zero attached hydrogens (tertiary/aromatic N) is 3. The number of nitrogens with one attached hydrogen (secondary N) is 1. The van der Waals surface area contributed by atoms with Crippen molar-refractivity contribution in [2.75, 3.05) is 6.54 Å². The number of carbonyl (C=O) groups is 1. The molecule has 118 valence electrons. The highest BCUT2D eigenvalue weighted by Crippen LogP contribution is 2.29. The lowest BCUT2D eigenvalue weighted by molar-refractivity contribution is 0.103. The second-order valence-corrected chi connectivity index (χ2v) is 6.30. The van der Waals surface area contributed by atoms with E-state index >= 15 is 0 Å². The number of aryl methyl sites for hydroxylation is 1. The van der Waals surface area contributed by atoms with Gasteiger partial charge in [0.15, 0.2) is 5.65 Å². The fraction of sp³-hybridized carbons (Fsp3) is 0.294. The van der Waals surface area contributed by atoms with Crippen molar-refractivity contribution in [3.05, 3.63) is 53.1 Å². The lowest BCUT2D eigenvalue weighted by Gasteiger charge is -2.22. The number of carbonyl (C=O) groups excluding carboxylic acids is 1. The molecule has 0 bridgehead atoms. The van der Waals surface area contributed by atoms with Crippen LogP contribution in [-0.4, -0.2) is 32.5 Å². The molecule has 6 heteroatoms. The van der Waals surface area contributed by atoms with E-state index in [0.29, 0.717) is 28.8 Å². The van der Waals surface area contributed by atoms with Crippen molar-refractivity contribution in [3.8, 4) is 0 Å². The topological polar surface area (TPSA) is 97.5 Å². The van der Waals surface area contributed by atoms with Gasteiger partial charge in [-0.25, -0.2) is 9.97 Å². The average Bonchev–Trinajstić information content (AvgIpc) is 2.98. The van der Waals surface area contributed by atoms with Gasteiger partial charge in [0.25, 0.3) is 0 Å². The molecule has 0 aliphatic carbocycles. The Hall–Kier alpha value is -2.60. The monoisotopic (exact) mass is 309 g/mol. The van der Waals surface area contributed by atoms with Crippen LogP contribution in [0.3, 0.4) is 0 Å². The molecule has 0 radical (unpaired) electrons. The average molecular weight is 309 g/mol. The number of fused-ring (bicyclic) bond motifs is 1. The Bertz CT molecular complexity index is 864. The molecule has 6 nitrogen and oxygen atoms in total. The van der Waals surface area contributed by atoms with Gasteiger partial charge in [-0.05, 0) is 6.92 Å². The Kier molecular flexibility index (Phi) is 3.69. The minimum Gasteiger partial charge on any atom is -0.330 e. The van der Waals surface area contributed by atoms with Crippen LogP contribution in [0.15, 0.2) is 30.6 Å². The van der Waals surface area contributed by atoms with E-state index in [-0.39, 0.29) is 11.2 Å². The molecule has 0 atom stereocenters. The van der Waals surface area contributed by atoms with Crippen LogP contribution in [0.2, 0.25) is 0 Å². The first-order chi connectivity index (χ1) is 10.9. The van der Waals surface area contributed by atoms with Gasteiger partial charge < -0.3 is 5.73 Å². The van der Waals surface area contributed by atoms with Gasteiger partial charge in [-0.2, -0.15) is 5.10 Å². The van der Waals surface area contributed by atoms with Crippen molar-refractivity contribution < 1.29 is 4.79 Å². The van der Waals surface area contributed by atoms with Gasteiger partial charge in [-0.3, -0.25) is 9.89 Å². The third-order valence-corrected chi connectivity index (χ3v) is 4.04. The lowest BCUT2D eigenvalue weighted by Crippen LogP contribution is -2.29. The number of ketones is 1. The Balaban J connectivity index is 2.19. The first kappa shape index (κ1) is 15.3. The van der Waals surface area contributed by atoms with E-state index in [4.69, 9.17) is 5.73 Å². The summed E-state index contributed by atoms with van der Waals surface area (Å²) in [5.41, 5.74) is 8.81. The molecular formula is C17H19N5O. The molecule has 3 N–H and O–H groups in total. The second kappa shape index (κ2) is 5.55. The molecule has 0 aliphatic rings. The zero-order chi connectivity index (χ0) is 16.6. The first-order valence-electron chi connectivity index (χ1n) is 7.45. The van der Waals surface area contributed by atoms with Crippen molar-refractivity contribution in [1.82, 2.24) is 20.2 Å². The van der Waals surface area contributed by atoms with Gasteiger partial charge in [-0.15, -0.1) is 0 Å². The Morgan fingerprint density at radius 1 is 1.22 bits per heavy atom. The number of aromatic amines is 1. The van der Waals surface area contributed by atoms with Crippen molar-refractivity contribution in [1.29, 1.82) is 0 Å². The summed E-state index contributed by atoms with van der Waals surface area (Å²) in [5, 5.41) is 7.62. The van der Waals surface area contributed by atoms with E-state index in [2.05, 4.69) is 20.2 Å². The predicted octanol–water partition coefficient (Wildman–Crippen LogP) is 2.13. The maximum absolute atomic E-state index is 12.8. The van der Waals surface area contributed by atoms with Gasteiger partial charge in [0.2, 0.25) is 5.78 Å². The van der Waals surface area contributed by atoms with Gasteiger partial charge in [0.05, 0.1) is 11.1 Å². The molecule has 0 aliphatic heterocycles. The Morgan fingerprint density at radius 2 is 1.91 bits per heavy atom. The Labute approximate surface area is 134 Å². The van der Waals surface area contributed by atoms with Crippen LogP contribution in [-0.2, 0) is 5.41 Å². The van der Waals surface area contributed by atoms with Crippen LogP contribution in [0, 0.1) is 6.92 Å². The summed E-state index contributed by atoms with van der Waals surface area (Å²) in [5.74, 6) is -0.128. The molecule has 2 aromatic heterocycles. The summed E-state index contributed by atoms with van der Waals surface area (Å²) >= 11 is 0. The summed E-state index contributed by atoms with van der Waals surface area (Å²) in [6, 6.07) is 7.43. The molecular weight excluding hydrogens is 290 g/mol. The molecule has 0 fully saturated rings. The second-order valence-electron chi connectivity index (χ2n) is 6.30. The van der Waals surface area contributed by atoms with E-state index in [1.54, 1.807) is 0 Å². The molecule has 0 spiro atoms. The Morgan fingerprint density at radius 3 is 2.57 bits per heavy atom. The zero-order valence-corrected chi connectivity index (χ0v) is 13.4. The maximum atomic E-state index is 12.8. The highest BCUT2D eigenvalue weighted by atomic mass is 16.1. The van der Waals surface area contributed by atoms with Crippen molar-refractivity contribution in [3.63, 3.8) is 0 Å². The van der Waals surface area contributed by atoms with Crippen LogP contribution < -0.4 is 5.73 Å². The summed E-state index contributed by atoms with van der Waals surface area (Å²) in [4.78, 5) is 21.4. The van der Waals surface area contributed by atoms with Crippen LogP contribution in [0.5, 0.6) is 0 Å². The number of nitrogens with two attached hydrogens (primary N) is 1. The fourth-order valence-corrected chi connectivity index (χ4v) is 2.48. The number of rotatable bonds is 4. The molecule has 0 saturated heterocycles. The van der Waals surface area contributed by atoms with E-state index in [1.807, 2.05) is 45.0 Å². The van der Waals surface area contributed by atoms with E-state index in [0.717, 1.165) is 11.3 Å². The summed E-state index contributed by atoms with van der Waals surface area (Å²) in [6.45, 7) is 6.36. The predicted molar refractivity (Wildman–Crippen MR) is 88.4 cm³/mol. The molecule has 0 saturated carbocycles. The van der Waals surface area contributed by atoms with Crippen LogP contribution in [0.1, 0.15) is 41.2 Å². The number of H-pyrrole nitrogens is 1. The first-order valence-corrected chi connectivity index (χ1v) is 7.45. The highest BCUT2D eigenvalue weighted by Gasteiger charge is 2.28. The van der Waals surface area contributed by atoms with Crippen LogP contribution >= 0.6 is 0 Å². The number of hydrogen-bond donors (Lipinski definition) is 2. The minimum absolute atomic E-state index is 0.128. The van der Waals surface area contributed by atoms with Crippen LogP contribution in [0.4, 0.5) is 0 Å². The highest BCUT2D eigenvalue weighted by molar-refractivity contribution is 6.14. The van der Waals surface area contributed by atoms with Crippen molar-refractivity contribution >= 4 is 16.8 Å². The van der Waals surface area contributed by atoms with Crippen LogP contribution in [0.25, 0.3) is 11.0 Å². The number of hydrogen-bond acceptors (Lipinski definition) is 5. The molecule has 0 amide bonds. The fourth-order valence-electron chi connectivity index (χ4n) is 2.48. The normalized spacial score (nSPS) is 11.8. The molecule has 1 aromatic carbocycles. The number of aromatic nitrogens is 4. The SMILES string of the molecule is Cc1ccc(C(=O)c2[nH]nc3ncnc(C(C)(C)CN)c23)cc1. The maximum Gasteiger partial charge on any atom is 0.211 e. The van der Waals surface area contributed by atoms with E-state index in [9.17, 15) is 4.79 Å². The van der Waals surface area contributed by atoms with Crippen molar-refractivity contribution in [2.45, 2.75) is 26.2 Å². The van der Waals surface area contributed by atoms with E-state index < -0.39 is 0 Å². The van der Waals surface area contributed by atoms with Gasteiger partial charge >= 0.3 is 0 Å². The van der Waals surface area contributed by atoms with Crippen molar-refractivity contribution in [2.24, 2.45) is 5.73 Å². The van der Waals surface area contributed by atoms with Gasteiger partial charge in [0, 0.05) is 17.5 Å². The molecule has 23 heavy (non-hydrogen) atoms. The lowest BCUT2D eigenvalue weighted by atomic mass is 9.86. The quantitative estimate of drug-likeness (QED) is 0.719. The molecule has 3 aromatic rings. The van der Waals surface area contributed by atoms with Gasteiger partial charge in [0.1, 0.15) is 12.0 Å². The molecule has 2 heterocycles. The zero-order valence-electron chi connectivity index (χ0n) is 13.4. The van der Waals surface area contributed by atoms with E-state index in [1.165, 1.54) is 6.33 Å². The molecule has 3 rings (SSSR count). The smallest absolute Gasteiger partial charge is 0.211 e. The third-order valence-electron chi connectivity index (χ3n) is 4.04. The summed E-state index contributed by atoms with van der Waals surface area (Å²) in [6.07, 6.45) is 1.45.